The molecule has 1 aromatic carbocycles. The van der Waals surface area contributed by atoms with Crippen LogP contribution >= 0.6 is 0 Å². The predicted octanol–water partition coefficient (Wildman–Crippen LogP) is 3.93. The number of unbranched alkanes of at least 4 members (excludes halogenated alkanes) is 2. The Kier molecular flexibility index (Phi) is 6.66. The van der Waals surface area contributed by atoms with Crippen molar-refractivity contribution in [3.8, 4) is 5.75 Å². The molecule has 0 aliphatic carbocycles. The summed E-state index contributed by atoms with van der Waals surface area (Å²) in [6, 6.07) is 8.03. The summed E-state index contributed by atoms with van der Waals surface area (Å²) in [4.78, 5) is 14.3. The standard InChI is InChI=1S/C19H27NO2/c1-3-5-6-13-22-18-9-7-16(8-10-18)14-17-15-20(4-2)12-11-19(17)21/h7-10,14H,3-6,11-13,15H2,1-2H3/b17-14+. The van der Waals surface area contributed by atoms with Crippen LogP contribution in [0.4, 0.5) is 0 Å². The topological polar surface area (TPSA) is 29.5 Å². The maximum absolute atomic E-state index is 12.0. The Morgan fingerprint density at radius 1 is 1.18 bits per heavy atom. The highest BCUT2D eigenvalue weighted by Gasteiger charge is 2.19. The number of carbonyl (C=O) groups excluding carboxylic acids is 1. The van der Waals surface area contributed by atoms with Gasteiger partial charge in [-0.3, -0.25) is 9.69 Å². The van der Waals surface area contributed by atoms with E-state index in [1.54, 1.807) is 0 Å². The molecular formula is C19H27NO2. The van der Waals surface area contributed by atoms with Gasteiger partial charge in [0.25, 0.3) is 0 Å². The molecule has 2 rings (SSSR count). The number of carbonyl (C=O) groups is 1. The van der Waals surface area contributed by atoms with Gasteiger partial charge in [0, 0.05) is 25.1 Å². The van der Waals surface area contributed by atoms with Gasteiger partial charge >= 0.3 is 0 Å². The van der Waals surface area contributed by atoms with Crippen molar-refractivity contribution < 1.29 is 9.53 Å². The summed E-state index contributed by atoms with van der Waals surface area (Å²) >= 11 is 0. The van der Waals surface area contributed by atoms with E-state index in [0.717, 1.165) is 49.5 Å². The highest BCUT2D eigenvalue weighted by molar-refractivity contribution is 6.00. The molecule has 3 nitrogen and oxygen atoms in total. The summed E-state index contributed by atoms with van der Waals surface area (Å²) < 4.78 is 5.71. The number of likely N-dealkylation sites (tertiary alicyclic amines) is 1. The first-order valence-corrected chi connectivity index (χ1v) is 8.42. The molecule has 1 fully saturated rings. The largest absolute Gasteiger partial charge is 0.494 e. The summed E-state index contributed by atoms with van der Waals surface area (Å²) in [6.45, 7) is 7.75. The van der Waals surface area contributed by atoms with Gasteiger partial charge in [-0.05, 0) is 36.7 Å². The molecule has 1 aliphatic rings. The van der Waals surface area contributed by atoms with E-state index >= 15 is 0 Å². The fraction of sp³-hybridized carbons (Fsp3) is 0.526. The molecule has 0 saturated carbocycles. The van der Waals surface area contributed by atoms with E-state index in [1.807, 2.05) is 30.3 Å². The zero-order chi connectivity index (χ0) is 15.8. The maximum Gasteiger partial charge on any atom is 0.161 e. The SMILES string of the molecule is CCCCCOc1ccc(/C=C2\CN(CC)CCC2=O)cc1. The van der Waals surface area contributed by atoms with E-state index in [1.165, 1.54) is 12.8 Å². The van der Waals surface area contributed by atoms with Crippen molar-refractivity contribution in [1.29, 1.82) is 0 Å². The summed E-state index contributed by atoms with van der Waals surface area (Å²) in [5.74, 6) is 1.19. The number of hydrogen-bond acceptors (Lipinski definition) is 3. The molecule has 0 unspecified atom stereocenters. The average Bonchev–Trinajstić information content (AvgIpc) is 2.55. The summed E-state index contributed by atoms with van der Waals surface area (Å²) in [5, 5.41) is 0. The number of hydrogen-bond donors (Lipinski definition) is 0. The fourth-order valence-corrected chi connectivity index (χ4v) is 2.63. The van der Waals surface area contributed by atoms with Crippen molar-refractivity contribution in [3.63, 3.8) is 0 Å². The highest BCUT2D eigenvalue weighted by Crippen LogP contribution is 2.18. The van der Waals surface area contributed by atoms with Crippen LogP contribution < -0.4 is 4.74 Å². The van der Waals surface area contributed by atoms with Crippen LogP contribution in [0.5, 0.6) is 5.75 Å². The number of nitrogens with zero attached hydrogens (tertiary/aromatic N) is 1. The quantitative estimate of drug-likeness (QED) is 0.564. The molecule has 22 heavy (non-hydrogen) atoms. The molecule has 0 radical (unpaired) electrons. The Hall–Kier alpha value is -1.61. The van der Waals surface area contributed by atoms with E-state index in [2.05, 4.69) is 18.7 Å². The molecule has 1 aromatic rings. The predicted molar refractivity (Wildman–Crippen MR) is 91.2 cm³/mol. The monoisotopic (exact) mass is 301 g/mol. The van der Waals surface area contributed by atoms with E-state index in [9.17, 15) is 4.79 Å². The lowest BCUT2D eigenvalue weighted by Gasteiger charge is -2.26. The van der Waals surface area contributed by atoms with Crippen molar-refractivity contribution in [3.05, 3.63) is 35.4 Å². The van der Waals surface area contributed by atoms with Crippen molar-refractivity contribution in [2.75, 3.05) is 26.2 Å². The molecule has 120 valence electrons. The Morgan fingerprint density at radius 3 is 2.64 bits per heavy atom. The van der Waals surface area contributed by atoms with Gasteiger partial charge in [-0.1, -0.05) is 38.8 Å². The summed E-state index contributed by atoms with van der Waals surface area (Å²) in [5.41, 5.74) is 1.99. The van der Waals surface area contributed by atoms with Crippen LogP contribution in [0.15, 0.2) is 29.8 Å². The molecule has 0 bridgehead atoms. The van der Waals surface area contributed by atoms with Crippen molar-refractivity contribution in [2.45, 2.75) is 39.5 Å². The third-order valence-electron chi connectivity index (χ3n) is 4.09. The normalized spacial score (nSPS) is 17.9. The zero-order valence-corrected chi connectivity index (χ0v) is 13.8. The first-order valence-electron chi connectivity index (χ1n) is 8.42. The highest BCUT2D eigenvalue weighted by atomic mass is 16.5. The van der Waals surface area contributed by atoms with Crippen molar-refractivity contribution >= 4 is 11.9 Å². The number of Topliss-reactive ketones (excluding diaryl/α,β-unsaturated/α-hetero) is 1. The number of piperidine rings is 1. The molecule has 0 aromatic heterocycles. The second kappa shape index (κ2) is 8.74. The van der Waals surface area contributed by atoms with Gasteiger partial charge in [-0.25, -0.2) is 0 Å². The summed E-state index contributed by atoms with van der Waals surface area (Å²) in [7, 11) is 0. The smallest absolute Gasteiger partial charge is 0.161 e. The van der Waals surface area contributed by atoms with Crippen LogP contribution in [0, 0.1) is 0 Å². The summed E-state index contributed by atoms with van der Waals surface area (Å²) in [6.07, 6.45) is 6.17. The lowest BCUT2D eigenvalue weighted by atomic mass is 10.0. The molecule has 1 saturated heterocycles. The van der Waals surface area contributed by atoms with Crippen LogP contribution in [0.2, 0.25) is 0 Å². The van der Waals surface area contributed by atoms with Crippen LogP contribution in [0.1, 0.15) is 45.1 Å². The number of ketones is 1. The molecule has 0 N–H and O–H groups in total. The molecule has 1 heterocycles. The zero-order valence-electron chi connectivity index (χ0n) is 13.8. The van der Waals surface area contributed by atoms with Gasteiger partial charge < -0.3 is 4.74 Å². The third kappa shape index (κ3) is 4.99. The Balaban J connectivity index is 1.94. The maximum atomic E-state index is 12.0. The van der Waals surface area contributed by atoms with E-state index in [-0.39, 0.29) is 5.78 Å². The minimum Gasteiger partial charge on any atom is -0.494 e. The minimum atomic E-state index is 0.282. The average molecular weight is 301 g/mol. The van der Waals surface area contributed by atoms with Gasteiger partial charge in [0.15, 0.2) is 5.78 Å². The first kappa shape index (κ1) is 16.8. The number of rotatable bonds is 7. The van der Waals surface area contributed by atoms with E-state index in [0.29, 0.717) is 6.42 Å². The Bertz CT molecular complexity index is 505. The van der Waals surface area contributed by atoms with Crippen LogP contribution in [0.25, 0.3) is 6.08 Å². The van der Waals surface area contributed by atoms with Gasteiger partial charge in [-0.2, -0.15) is 0 Å². The lowest BCUT2D eigenvalue weighted by Crippen LogP contribution is -2.35. The minimum absolute atomic E-state index is 0.282. The van der Waals surface area contributed by atoms with Crippen LogP contribution in [0.3, 0.4) is 0 Å². The van der Waals surface area contributed by atoms with E-state index in [4.69, 9.17) is 4.74 Å². The molecule has 0 spiro atoms. The van der Waals surface area contributed by atoms with Crippen LogP contribution in [-0.2, 0) is 4.79 Å². The van der Waals surface area contributed by atoms with Crippen LogP contribution in [-0.4, -0.2) is 36.9 Å². The van der Waals surface area contributed by atoms with Gasteiger partial charge in [0.2, 0.25) is 0 Å². The van der Waals surface area contributed by atoms with Gasteiger partial charge in [0.05, 0.1) is 6.61 Å². The van der Waals surface area contributed by atoms with Crippen molar-refractivity contribution in [2.24, 2.45) is 0 Å². The number of likely N-dealkylation sites (N-methyl/N-ethyl adjacent to an activating group) is 1. The molecule has 3 heteroatoms. The number of ether oxygens (including phenoxy) is 1. The van der Waals surface area contributed by atoms with E-state index < -0.39 is 0 Å². The molecule has 0 atom stereocenters. The number of benzene rings is 1. The fourth-order valence-electron chi connectivity index (χ4n) is 2.63. The third-order valence-corrected chi connectivity index (χ3v) is 4.09. The second-order valence-corrected chi connectivity index (χ2v) is 5.84. The lowest BCUT2D eigenvalue weighted by molar-refractivity contribution is -0.117. The van der Waals surface area contributed by atoms with Gasteiger partial charge in [-0.15, -0.1) is 0 Å². The van der Waals surface area contributed by atoms with Gasteiger partial charge in [0.1, 0.15) is 5.75 Å². The first-order chi connectivity index (χ1) is 10.7. The molecule has 1 aliphatic heterocycles. The molecule has 0 amide bonds. The second-order valence-electron chi connectivity index (χ2n) is 5.84. The Morgan fingerprint density at radius 2 is 1.95 bits per heavy atom. The molecular weight excluding hydrogens is 274 g/mol. The van der Waals surface area contributed by atoms with Crippen molar-refractivity contribution in [1.82, 2.24) is 4.90 Å². The Labute approximate surface area is 134 Å².